The molecule has 0 aliphatic carbocycles. The van der Waals surface area contributed by atoms with E-state index in [1.807, 2.05) is 0 Å². The number of amides is 1. The van der Waals surface area contributed by atoms with Gasteiger partial charge in [-0.25, -0.2) is 4.79 Å². The summed E-state index contributed by atoms with van der Waals surface area (Å²) in [4.78, 5) is 26.5. The minimum atomic E-state index is -0.900. The Morgan fingerprint density at radius 3 is 2.40 bits per heavy atom. The van der Waals surface area contributed by atoms with E-state index >= 15 is 0 Å². The van der Waals surface area contributed by atoms with Gasteiger partial charge in [0.15, 0.2) is 0 Å². The second-order valence-corrected chi connectivity index (χ2v) is 5.27. The molecule has 0 saturated carbocycles. The summed E-state index contributed by atoms with van der Waals surface area (Å²) < 4.78 is 5.25. The zero-order chi connectivity index (χ0) is 15.6. The van der Waals surface area contributed by atoms with Gasteiger partial charge in [-0.15, -0.1) is 0 Å². The number of hydrogen-bond donors (Lipinski definition) is 1. The first-order valence-corrected chi connectivity index (χ1v) is 6.47. The summed E-state index contributed by atoms with van der Waals surface area (Å²) in [5, 5.41) is 12.0. The van der Waals surface area contributed by atoms with Crippen LogP contribution in [0.1, 0.15) is 40.0 Å². The topological polar surface area (TPSA) is 116 Å². The maximum atomic E-state index is 12.0. The predicted molar refractivity (Wildman–Crippen MR) is 73.3 cm³/mol. The van der Waals surface area contributed by atoms with E-state index in [9.17, 15) is 9.59 Å². The van der Waals surface area contributed by atoms with E-state index in [4.69, 9.17) is 15.4 Å². The van der Waals surface area contributed by atoms with Crippen LogP contribution in [0.25, 0.3) is 10.4 Å². The molecule has 0 unspecified atom stereocenters. The van der Waals surface area contributed by atoms with E-state index in [0.717, 1.165) is 0 Å². The van der Waals surface area contributed by atoms with E-state index in [1.165, 1.54) is 4.90 Å². The van der Waals surface area contributed by atoms with Crippen molar-refractivity contribution in [3.63, 3.8) is 0 Å². The lowest BCUT2D eigenvalue weighted by Crippen LogP contribution is -2.38. The van der Waals surface area contributed by atoms with Gasteiger partial charge in [0.05, 0.1) is 0 Å². The molecule has 0 saturated heterocycles. The lowest BCUT2D eigenvalue weighted by molar-refractivity contribution is -0.137. The van der Waals surface area contributed by atoms with E-state index in [-0.39, 0.29) is 13.0 Å². The number of carboxylic acids is 1. The van der Waals surface area contributed by atoms with Crippen LogP contribution in [0.15, 0.2) is 5.11 Å². The number of ether oxygens (including phenoxy) is 1. The maximum Gasteiger partial charge on any atom is 0.410 e. The van der Waals surface area contributed by atoms with Crippen molar-refractivity contribution in [1.29, 1.82) is 0 Å². The van der Waals surface area contributed by atoms with Gasteiger partial charge in [0.2, 0.25) is 0 Å². The molecule has 0 fully saturated rings. The second-order valence-electron chi connectivity index (χ2n) is 5.27. The maximum absolute atomic E-state index is 12.0. The molecule has 0 aromatic carbocycles. The van der Waals surface area contributed by atoms with Crippen LogP contribution in [-0.2, 0) is 9.53 Å². The largest absolute Gasteiger partial charge is 0.481 e. The number of aliphatic carboxylic acids is 1. The highest BCUT2D eigenvalue weighted by Gasteiger charge is 2.21. The molecule has 0 rings (SSSR count). The molecular formula is C12H22N4O4. The fraction of sp³-hybridized carbons (Fsp3) is 0.833. The van der Waals surface area contributed by atoms with Gasteiger partial charge >= 0.3 is 12.1 Å². The van der Waals surface area contributed by atoms with Gasteiger partial charge in [-0.1, -0.05) is 5.11 Å². The summed E-state index contributed by atoms with van der Waals surface area (Å²) >= 11 is 0. The molecule has 8 heteroatoms. The third-order valence-corrected chi connectivity index (χ3v) is 2.22. The fourth-order valence-electron chi connectivity index (χ4n) is 1.42. The normalized spacial score (nSPS) is 10.6. The summed E-state index contributed by atoms with van der Waals surface area (Å²) in [6.45, 7) is 6.25. The number of rotatable bonds is 8. The number of carboxylic acid groups (broad SMARTS) is 1. The molecule has 0 spiro atoms. The van der Waals surface area contributed by atoms with Gasteiger partial charge in [-0.05, 0) is 39.1 Å². The molecule has 0 atom stereocenters. The van der Waals surface area contributed by atoms with Crippen molar-refractivity contribution in [3.05, 3.63) is 10.4 Å². The van der Waals surface area contributed by atoms with Crippen LogP contribution < -0.4 is 0 Å². The second kappa shape index (κ2) is 9.03. The molecule has 0 aliphatic heterocycles. The zero-order valence-electron chi connectivity index (χ0n) is 12.2. The van der Waals surface area contributed by atoms with Crippen molar-refractivity contribution in [2.75, 3.05) is 19.6 Å². The zero-order valence-corrected chi connectivity index (χ0v) is 12.2. The van der Waals surface area contributed by atoms with Gasteiger partial charge in [0.1, 0.15) is 5.60 Å². The first-order valence-electron chi connectivity index (χ1n) is 6.47. The minimum absolute atomic E-state index is 0.00432. The Labute approximate surface area is 118 Å². The number of carbonyl (C=O) groups is 2. The van der Waals surface area contributed by atoms with Crippen molar-refractivity contribution in [3.8, 4) is 0 Å². The first-order chi connectivity index (χ1) is 9.26. The molecule has 0 aliphatic rings. The monoisotopic (exact) mass is 286 g/mol. The molecular weight excluding hydrogens is 264 g/mol. The summed E-state index contributed by atoms with van der Waals surface area (Å²) in [6.07, 6.45) is 0.381. The third-order valence-electron chi connectivity index (χ3n) is 2.22. The number of azide groups is 1. The molecule has 114 valence electrons. The summed E-state index contributed by atoms with van der Waals surface area (Å²) in [7, 11) is 0. The Kier molecular flexibility index (Phi) is 8.15. The van der Waals surface area contributed by atoms with Crippen LogP contribution in [0.4, 0.5) is 4.79 Å². The van der Waals surface area contributed by atoms with Crippen molar-refractivity contribution in [2.45, 2.75) is 45.6 Å². The SMILES string of the molecule is CC(C)(C)OC(=O)N(CCCN=[N+]=[N-])CCCC(=O)O. The van der Waals surface area contributed by atoms with Crippen LogP contribution in [0.5, 0.6) is 0 Å². The molecule has 0 aromatic heterocycles. The van der Waals surface area contributed by atoms with Crippen molar-refractivity contribution < 1.29 is 19.4 Å². The summed E-state index contributed by atoms with van der Waals surface area (Å²) in [6, 6.07) is 0. The third kappa shape index (κ3) is 10.0. The van der Waals surface area contributed by atoms with E-state index in [2.05, 4.69) is 10.0 Å². The van der Waals surface area contributed by atoms with Gasteiger partial charge in [-0.2, -0.15) is 0 Å². The first kappa shape index (κ1) is 18.0. The number of carbonyl (C=O) groups excluding carboxylic acids is 1. The van der Waals surface area contributed by atoms with Crippen LogP contribution in [0.2, 0.25) is 0 Å². The average molecular weight is 286 g/mol. The molecule has 8 nitrogen and oxygen atoms in total. The Hall–Kier alpha value is -1.95. The highest BCUT2D eigenvalue weighted by Crippen LogP contribution is 2.11. The Bertz CT molecular complexity index is 364. The highest BCUT2D eigenvalue weighted by molar-refractivity contribution is 5.68. The predicted octanol–water partition coefficient (Wildman–Crippen LogP) is 2.79. The van der Waals surface area contributed by atoms with Crippen LogP contribution in [-0.4, -0.2) is 47.3 Å². The molecule has 1 N–H and O–H groups in total. The van der Waals surface area contributed by atoms with Crippen LogP contribution >= 0.6 is 0 Å². The lowest BCUT2D eigenvalue weighted by Gasteiger charge is -2.27. The minimum Gasteiger partial charge on any atom is -0.481 e. The molecule has 20 heavy (non-hydrogen) atoms. The smallest absolute Gasteiger partial charge is 0.410 e. The Balaban J connectivity index is 4.39. The highest BCUT2D eigenvalue weighted by atomic mass is 16.6. The Morgan fingerprint density at radius 2 is 1.90 bits per heavy atom. The van der Waals surface area contributed by atoms with Crippen molar-refractivity contribution in [2.24, 2.45) is 5.11 Å². The molecule has 0 radical (unpaired) electrons. The van der Waals surface area contributed by atoms with Crippen molar-refractivity contribution >= 4 is 12.1 Å². The molecule has 0 bridgehead atoms. The summed E-state index contributed by atoms with van der Waals surface area (Å²) in [5.74, 6) is -0.900. The lowest BCUT2D eigenvalue weighted by atomic mass is 10.2. The summed E-state index contributed by atoms with van der Waals surface area (Å²) in [5.41, 5.74) is 7.58. The molecule has 0 aromatic rings. The fourth-order valence-corrected chi connectivity index (χ4v) is 1.42. The molecule has 0 heterocycles. The van der Waals surface area contributed by atoms with Gasteiger partial charge < -0.3 is 14.7 Å². The van der Waals surface area contributed by atoms with E-state index < -0.39 is 17.7 Å². The van der Waals surface area contributed by atoms with Gasteiger partial charge in [0.25, 0.3) is 0 Å². The average Bonchev–Trinajstić information content (AvgIpc) is 2.29. The standard InChI is InChI=1S/C12H22N4O4/c1-12(2,3)20-11(19)16(8-4-6-10(17)18)9-5-7-14-15-13/h4-9H2,1-3H3,(H,17,18). The number of hydrogen-bond acceptors (Lipinski definition) is 4. The van der Waals surface area contributed by atoms with Crippen molar-refractivity contribution in [1.82, 2.24) is 4.90 Å². The number of nitrogens with zero attached hydrogens (tertiary/aromatic N) is 4. The van der Waals surface area contributed by atoms with E-state index in [0.29, 0.717) is 25.9 Å². The quantitative estimate of drug-likeness (QED) is 0.319. The van der Waals surface area contributed by atoms with Gasteiger partial charge in [0, 0.05) is 31.0 Å². The van der Waals surface area contributed by atoms with Crippen LogP contribution in [0, 0.1) is 0 Å². The van der Waals surface area contributed by atoms with Gasteiger partial charge in [-0.3, -0.25) is 4.79 Å². The van der Waals surface area contributed by atoms with E-state index in [1.54, 1.807) is 20.8 Å². The van der Waals surface area contributed by atoms with Crippen LogP contribution in [0.3, 0.4) is 0 Å². The molecule has 1 amide bonds. The Morgan fingerprint density at radius 1 is 1.30 bits per heavy atom.